The van der Waals surface area contributed by atoms with Crippen molar-refractivity contribution in [1.82, 2.24) is 0 Å². The number of hydrogen-bond donors (Lipinski definition) is 0. The van der Waals surface area contributed by atoms with Gasteiger partial charge in [-0.1, -0.05) is 64.2 Å². The molecule has 0 spiro atoms. The average Bonchev–Trinajstić information content (AvgIpc) is 2.45. The number of carbonyl (C=O) groups is 1. The van der Waals surface area contributed by atoms with Crippen LogP contribution in [0.5, 0.6) is 5.75 Å². The van der Waals surface area contributed by atoms with Crippen molar-refractivity contribution in [2.45, 2.75) is 65.2 Å². The first-order valence-corrected chi connectivity index (χ1v) is 7.59. The molecule has 0 bridgehead atoms. The lowest BCUT2D eigenvalue weighted by molar-refractivity contribution is -0.211. The van der Waals surface area contributed by atoms with E-state index in [0.717, 1.165) is 12.0 Å². The largest absolute Gasteiger partial charge is 0.352 e. The summed E-state index contributed by atoms with van der Waals surface area (Å²) in [5, 5.41) is 0. The maximum Gasteiger partial charge on any atom is 0.352 e. The molecule has 0 aliphatic rings. The van der Waals surface area contributed by atoms with E-state index in [2.05, 4.69) is 18.7 Å². The molecule has 1 unspecified atom stereocenters. The van der Waals surface area contributed by atoms with E-state index in [-0.39, 0.29) is 0 Å². The van der Waals surface area contributed by atoms with Crippen LogP contribution >= 0.6 is 0 Å². The Bertz CT molecular complexity index is 401. The fourth-order valence-electron chi connectivity index (χ4n) is 2.28. The van der Waals surface area contributed by atoms with Crippen molar-refractivity contribution in [1.29, 1.82) is 0 Å². The molecule has 1 rings (SSSR count). The van der Waals surface area contributed by atoms with E-state index in [1.165, 1.54) is 39.0 Å². The molecule has 20 heavy (non-hydrogen) atoms. The summed E-state index contributed by atoms with van der Waals surface area (Å²) in [7, 11) is 0. The molecular weight excluding hydrogens is 252 g/mol. The molecule has 1 aromatic rings. The summed E-state index contributed by atoms with van der Waals surface area (Å²) >= 11 is 0. The number of para-hydroxylation sites is 1. The number of unbranched alkanes of at least 4 members (excludes halogenated alkanes) is 4. The molecule has 0 N–H and O–H groups in total. The smallest absolute Gasteiger partial charge is 0.287 e. The van der Waals surface area contributed by atoms with Crippen LogP contribution in [0.3, 0.4) is 0 Å². The number of hydrogen-bond acceptors (Lipinski definition) is 3. The summed E-state index contributed by atoms with van der Waals surface area (Å²) in [6.07, 6.45) is 7.54. The summed E-state index contributed by atoms with van der Waals surface area (Å²) in [4.78, 5) is 20.6. The third-order valence-corrected chi connectivity index (χ3v) is 3.44. The van der Waals surface area contributed by atoms with Crippen LogP contribution in [0.4, 0.5) is 0 Å². The zero-order valence-electron chi connectivity index (χ0n) is 12.9. The third kappa shape index (κ3) is 6.09. The predicted molar refractivity (Wildman–Crippen MR) is 80.6 cm³/mol. The lowest BCUT2D eigenvalue weighted by atomic mass is 9.94. The van der Waals surface area contributed by atoms with Crippen LogP contribution < -0.4 is 4.89 Å². The Hall–Kier alpha value is -1.51. The van der Waals surface area contributed by atoms with Gasteiger partial charge in [-0.15, -0.1) is 0 Å². The topological polar surface area (TPSA) is 35.5 Å². The first-order chi connectivity index (χ1) is 9.65. The second-order valence-corrected chi connectivity index (χ2v) is 5.30. The Morgan fingerprint density at radius 3 is 2.55 bits per heavy atom. The van der Waals surface area contributed by atoms with E-state index in [4.69, 9.17) is 4.89 Å². The standard InChI is InChI=1S/C17H26O3/c1-4-5-6-7-8-11-14(2)16-12-9-10-13-17(16)20-19-15(3)18/h9-10,12-14H,4-8,11H2,1-3H3. The zero-order valence-corrected chi connectivity index (χ0v) is 12.9. The Labute approximate surface area is 122 Å². The van der Waals surface area contributed by atoms with Gasteiger partial charge in [0.05, 0.1) is 0 Å². The minimum Gasteiger partial charge on any atom is -0.287 e. The molecule has 0 saturated carbocycles. The van der Waals surface area contributed by atoms with Crippen LogP contribution in [0.25, 0.3) is 0 Å². The maximum absolute atomic E-state index is 10.8. The van der Waals surface area contributed by atoms with Gasteiger partial charge in [0.25, 0.3) is 0 Å². The Balaban J connectivity index is 2.49. The van der Waals surface area contributed by atoms with Gasteiger partial charge in [0, 0.05) is 12.5 Å². The van der Waals surface area contributed by atoms with Crippen LogP contribution in [0.2, 0.25) is 0 Å². The highest BCUT2D eigenvalue weighted by Gasteiger charge is 2.12. The van der Waals surface area contributed by atoms with E-state index in [9.17, 15) is 4.79 Å². The van der Waals surface area contributed by atoms with Crippen molar-refractivity contribution in [3.8, 4) is 5.75 Å². The van der Waals surface area contributed by atoms with E-state index >= 15 is 0 Å². The maximum atomic E-state index is 10.8. The molecule has 0 amide bonds. The van der Waals surface area contributed by atoms with E-state index < -0.39 is 5.97 Å². The van der Waals surface area contributed by atoms with Gasteiger partial charge in [-0.2, -0.15) is 0 Å². The normalized spacial score (nSPS) is 11.9. The first kappa shape index (κ1) is 16.5. The van der Waals surface area contributed by atoms with Crippen LogP contribution in [-0.2, 0) is 9.68 Å². The van der Waals surface area contributed by atoms with Gasteiger partial charge in [-0.3, -0.25) is 9.78 Å². The first-order valence-electron chi connectivity index (χ1n) is 7.59. The number of benzene rings is 1. The molecular formula is C17H26O3. The summed E-state index contributed by atoms with van der Waals surface area (Å²) in [6.45, 7) is 5.75. The summed E-state index contributed by atoms with van der Waals surface area (Å²) in [5.41, 5.74) is 1.10. The molecule has 1 aromatic carbocycles. The highest BCUT2D eigenvalue weighted by atomic mass is 17.2. The molecule has 3 heteroatoms. The van der Waals surface area contributed by atoms with Gasteiger partial charge < -0.3 is 0 Å². The second-order valence-electron chi connectivity index (χ2n) is 5.30. The lowest BCUT2D eigenvalue weighted by Crippen LogP contribution is -2.06. The number of rotatable bonds is 9. The fraction of sp³-hybridized carbons (Fsp3) is 0.588. The molecule has 0 heterocycles. The molecule has 3 nitrogen and oxygen atoms in total. The van der Waals surface area contributed by atoms with Gasteiger partial charge in [0.15, 0.2) is 5.75 Å². The second kappa shape index (κ2) is 9.40. The van der Waals surface area contributed by atoms with Gasteiger partial charge in [-0.05, 0) is 18.4 Å². The monoisotopic (exact) mass is 278 g/mol. The molecule has 112 valence electrons. The van der Waals surface area contributed by atoms with Gasteiger partial charge >= 0.3 is 5.97 Å². The molecule has 0 aliphatic heterocycles. The van der Waals surface area contributed by atoms with E-state index in [0.29, 0.717) is 11.7 Å². The van der Waals surface area contributed by atoms with E-state index in [1.54, 1.807) is 0 Å². The molecule has 0 saturated heterocycles. The van der Waals surface area contributed by atoms with Crippen LogP contribution in [0, 0.1) is 0 Å². The van der Waals surface area contributed by atoms with Crippen molar-refractivity contribution < 1.29 is 14.6 Å². The highest BCUT2D eigenvalue weighted by molar-refractivity contribution is 5.65. The van der Waals surface area contributed by atoms with Crippen molar-refractivity contribution in [3.05, 3.63) is 29.8 Å². The van der Waals surface area contributed by atoms with Crippen LogP contribution in [-0.4, -0.2) is 5.97 Å². The molecule has 0 aromatic heterocycles. The number of carbonyl (C=O) groups excluding carboxylic acids is 1. The Kier molecular flexibility index (Phi) is 7.78. The summed E-state index contributed by atoms with van der Waals surface area (Å²) in [6, 6.07) is 7.75. The minimum atomic E-state index is -0.438. The minimum absolute atomic E-state index is 0.406. The van der Waals surface area contributed by atoms with Crippen LogP contribution in [0.1, 0.15) is 70.8 Å². The van der Waals surface area contributed by atoms with Crippen molar-refractivity contribution in [3.63, 3.8) is 0 Å². The van der Waals surface area contributed by atoms with Gasteiger partial charge in [0.2, 0.25) is 0 Å². The lowest BCUT2D eigenvalue weighted by Gasteiger charge is -2.15. The molecule has 0 fully saturated rings. The van der Waals surface area contributed by atoms with Crippen LogP contribution in [0.15, 0.2) is 24.3 Å². The van der Waals surface area contributed by atoms with Gasteiger partial charge in [0.1, 0.15) is 0 Å². The molecule has 0 radical (unpaired) electrons. The molecule has 1 atom stereocenters. The van der Waals surface area contributed by atoms with Crippen molar-refractivity contribution >= 4 is 5.97 Å². The van der Waals surface area contributed by atoms with Gasteiger partial charge in [-0.25, -0.2) is 4.79 Å². The summed E-state index contributed by atoms with van der Waals surface area (Å²) in [5.74, 6) is 0.610. The SMILES string of the molecule is CCCCCCCC(C)c1ccccc1OOC(C)=O. The zero-order chi connectivity index (χ0) is 14.8. The summed E-state index contributed by atoms with van der Waals surface area (Å²) < 4.78 is 0. The van der Waals surface area contributed by atoms with Crippen molar-refractivity contribution in [2.24, 2.45) is 0 Å². The average molecular weight is 278 g/mol. The Morgan fingerprint density at radius 2 is 1.85 bits per heavy atom. The molecule has 0 aliphatic carbocycles. The quantitative estimate of drug-likeness (QED) is 0.362. The third-order valence-electron chi connectivity index (χ3n) is 3.44. The Morgan fingerprint density at radius 1 is 1.15 bits per heavy atom. The fourth-order valence-corrected chi connectivity index (χ4v) is 2.28. The van der Waals surface area contributed by atoms with E-state index in [1.807, 2.05) is 24.3 Å². The van der Waals surface area contributed by atoms with Crippen molar-refractivity contribution in [2.75, 3.05) is 0 Å². The predicted octanol–water partition coefficient (Wildman–Crippen LogP) is 5.01. The highest BCUT2D eigenvalue weighted by Crippen LogP contribution is 2.30.